The molecular weight excluding hydrogens is 228 g/mol. The fourth-order valence-electron chi connectivity index (χ4n) is 1.25. The van der Waals surface area contributed by atoms with E-state index in [0.29, 0.717) is 0 Å². The summed E-state index contributed by atoms with van der Waals surface area (Å²) in [4.78, 5) is 14.1. The van der Waals surface area contributed by atoms with Crippen molar-refractivity contribution < 1.29 is 9.90 Å². The molecule has 0 spiro atoms. The number of carboxylic acid groups (broad SMARTS) is 1. The number of halogens is 1. The number of allylic oxidation sites excluding steroid dienone is 2. The average Bonchev–Trinajstić information content (AvgIpc) is 2.68. The molecule has 90 valence electrons. The minimum atomic E-state index is -0.711. The molecule has 0 bridgehead atoms. The number of aromatic nitrogens is 2. The lowest BCUT2D eigenvalue weighted by Gasteiger charge is -1.95. The third-order valence-corrected chi connectivity index (χ3v) is 2.05. The van der Waals surface area contributed by atoms with Crippen molar-refractivity contribution in [2.24, 2.45) is 0 Å². The zero-order valence-corrected chi connectivity index (χ0v) is 9.90. The third kappa shape index (κ3) is 7.06. The highest BCUT2D eigenvalue weighted by molar-refractivity contribution is 5.85. The molecule has 0 aliphatic carbocycles. The van der Waals surface area contributed by atoms with Crippen LogP contribution < -0.4 is 0 Å². The van der Waals surface area contributed by atoms with Crippen molar-refractivity contribution in [3.8, 4) is 0 Å². The van der Waals surface area contributed by atoms with Gasteiger partial charge in [-0.05, 0) is 19.3 Å². The van der Waals surface area contributed by atoms with Gasteiger partial charge in [0.25, 0.3) is 0 Å². The van der Waals surface area contributed by atoms with Gasteiger partial charge in [0.1, 0.15) is 0 Å². The molecule has 1 N–H and O–H groups in total. The zero-order valence-electron chi connectivity index (χ0n) is 9.08. The Hall–Kier alpha value is -1.29. The number of nitrogens with zero attached hydrogens (tertiary/aromatic N) is 2. The first-order valence-electron chi connectivity index (χ1n) is 5.11. The standard InChI is InChI=1S/C11H16N2O2.ClH/c14-11(15)6-4-2-1-3-5-8-13-9-7-12-10-13;/h3,5,7,9-10H,1-2,4,6,8H2,(H,14,15);1H/b5-3-;. The molecule has 5 heteroatoms. The normalized spacial score (nSPS) is 10.2. The maximum Gasteiger partial charge on any atom is 0.303 e. The zero-order chi connectivity index (χ0) is 10.9. The van der Waals surface area contributed by atoms with Crippen LogP contribution in [-0.2, 0) is 11.3 Å². The van der Waals surface area contributed by atoms with E-state index in [1.54, 1.807) is 12.5 Å². The summed E-state index contributed by atoms with van der Waals surface area (Å²) in [6.07, 6.45) is 12.5. The summed E-state index contributed by atoms with van der Waals surface area (Å²) in [5.41, 5.74) is 0. The van der Waals surface area contributed by atoms with Crippen LogP contribution in [-0.4, -0.2) is 20.6 Å². The molecule has 1 rings (SSSR count). The van der Waals surface area contributed by atoms with E-state index in [2.05, 4.69) is 17.1 Å². The van der Waals surface area contributed by atoms with Crippen LogP contribution in [0.2, 0.25) is 0 Å². The molecule has 16 heavy (non-hydrogen) atoms. The van der Waals surface area contributed by atoms with Crippen LogP contribution in [0.1, 0.15) is 25.7 Å². The lowest BCUT2D eigenvalue weighted by atomic mass is 10.2. The molecule has 1 heterocycles. The van der Waals surface area contributed by atoms with Gasteiger partial charge >= 0.3 is 5.97 Å². The van der Waals surface area contributed by atoms with Gasteiger partial charge in [-0.25, -0.2) is 4.98 Å². The van der Waals surface area contributed by atoms with Crippen molar-refractivity contribution >= 4 is 18.4 Å². The SMILES string of the molecule is Cl.O=C(O)CCCC/C=C\Cn1ccnc1. The van der Waals surface area contributed by atoms with Crippen LogP contribution in [0.5, 0.6) is 0 Å². The summed E-state index contributed by atoms with van der Waals surface area (Å²) < 4.78 is 1.98. The minimum absolute atomic E-state index is 0. The average molecular weight is 245 g/mol. The highest BCUT2D eigenvalue weighted by Gasteiger charge is 1.94. The van der Waals surface area contributed by atoms with Gasteiger partial charge in [0, 0.05) is 25.4 Å². The second-order valence-corrected chi connectivity index (χ2v) is 3.37. The molecule has 0 amide bonds. The Labute approximate surface area is 101 Å². The summed E-state index contributed by atoms with van der Waals surface area (Å²) in [6.45, 7) is 0.832. The molecular formula is C11H17ClN2O2. The van der Waals surface area contributed by atoms with E-state index >= 15 is 0 Å². The maximum atomic E-state index is 10.2. The number of aliphatic carboxylic acids is 1. The fraction of sp³-hybridized carbons (Fsp3) is 0.455. The monoisotopic (exact) mass is 244 g/mol. The lowest BCUT2D eigenvalue weighted by molar-refractivity contribution is -0.137. The molecule has 0 radical (unpaired) electrons. The lowest BCUT2D eigenvalue weighted by Crippen LogP contribution is -1.93. The van der Waals surface area contributed by atoms with Gasteiger partial charge in [-0.2, -0.15) is 0 Å². The van der Waals surface area contributed by atoms with Crippen molar-refractivity contribution in [2.45, 2.75) is 32.2 Å². The van der Waals surface area contributed by atoms with Gasteiger partial charge in [-0.15, -0.1) is 12.4 Å². The predicted octanol–water partition coefficient (Wildman–Crippen LogP) is 2.51. The number of unbranched alkanes of at least 4 members (excludes halogenated alkanes) is 2. The van der Waals surface area contributed by atoms with Gasteiger partial charge in [-0.3, -0.25) is 4.79 Å². The van der Waals surface area contributed by atoms with E-state index in [4.69, 9.17) is 5.11 Å². The highest BCUT2D eigenvalue weighted by atomic mass is 35.5. The second-order valence-electron chi connectivity index (χ2n) is 3.37. The van der Waals surface area contributed by atoms with E-state index in [1.165, 1.54) is 0 Å². The van der Waals surface area contributed by atoms with E-state index in [9.17, 15) is 4.79 Å². The molecule has 0 atom stereocenters. The van der Waals surface area contributed by atoms with Gasteiger partial charge < -0.3 is 9.67 Å². The smallest absolute Gasteiger partial charge is 0.303 e. The van der Waals surface area contributed by atoms with Gasteiger partial charge in [0.2, 0.25) is 0 Å². The fourth-order valence-corrected chi connectivity index (χ4v) is 1.25. The van der Waals surface area contributed by atoms with E-state index in [1.807, 2.05) is 10.8 Å². The molecule has 0 saturated heterocycles. The Kier molecular flexibility index (Phi) is 8.25. The van der Waals surface area contributed by atoms with Crippen LogP contribution >= 0.6 is 12.4 Å². The molecule has 0 fully saturated rings. The topological polar surface area (TPSA) is 55.1 Å². The number of rotatable bonds is 7. The number of carboxylic acids is 1. The number of carbonyl (C=O) groups is 1. The molecule has 0 aliphatic rings. The summed E-state index contributed by atoms with van der Waals surface area (Å²) in [5.74, 6) is -0.711. The summed E-state index contributed by atoms with van der Waals surface area (Å²) in [6, 6.07) is 0. The van der Waals surface area contributed by atoms with Crippen LogP contribution in [0.15, 0.2) is 30.9 Å². The second kappa shape index (κ2) is 8.97. The third-order valence-electron chi connectivity index (χ3n) is 2.05. The van der Waals surface area contributed by atoms with E-state index in [0.717, 1.165) is 25.8 Å². The highest BCUT2D eigenvalue weighted by Crippen LogP contribution is 2.00. The van der Waals surface area contributed by atoms with Crippen LogP contribution in [0.4, 0.5) is 0 Å². The van der Waals surface area contributed by atoms with Crippen LogP contribution in [0, 0.1) is 0 Å². The molecule has 0 unspecified atom stereocenters. The number of imidazole rings is 1. The molecule has 0 saturated carbocycles. The van der Waals surface area contributed by atoms with E-state index < -0.39 is 5.97 Å². The van der Waals surface area contributed by atoms with Crippen LogP contribution in [0.25, 0.3) is 0 Å². The van der Waals surface area contributed by atoms with Crippen molar-refractivity contribution in [1.82, 2.24) is 9.55 Å². The van der Waals surface area contributed by atoms with Gasteiger partial charge in [0.15, 0.2) is 0 Å². The number of hydrogen-bond acceptors (Lipinski definition) is 2. The molecule has 4 nitrogen and oxygen atoms in total. The Morgan fingerprint density at radius 3 is 2.81 bits per heavy atom. The first-order valence-corrected chi connectivity index (χ1v) is 5.11. The largest absolute Gasteiger partial charge is 0.481 e. The summed E-state index contributed by atoms with van der Waals surface area (Å²) in [7, 11) is 0. The Bertz CT molecular complexity index is 310. The summed E-state index contributed by atoms with van der Waals surface area (Å²) >= 11 is 0. The predicted molar refractivity (Wildman–Crippen MR) is 64.7 cm³/mol. The molecule has 1 aromatic heterocycles. The number of hydrogen-bond donors (Lipinski definition) is 1. The minimum Gasteiger partial charge on any atom is -0.481 e. The van der Waals surface area contributed by atoms with Gasteiger partial charge in [0.05, 0.1) is 6.33 Å². The van der Waals surface area contributed by atoms with E-state index in [-0.39, 0.29) is 18.8 Å². The van der Waals surface area contributed by atoms with Crippen molar-refractivity contribution in [2.75, 3.05) is 0 Å². The first kappa shape index (κ1) is 14.7. The van der Waals surface area contributed by atoms with Crippen molar-refractivity contribution in [3.05, 3.63) is 30.9 Å². The first-order chi connectivity index (χ1) is 7.29. The van der Waals surface area contributed by atoms with Crippen molar-refractivity contribution in [3.63, 3.8) is 0 Å². The molecule has 0 aliphatic heterocycles. The Morgan fingerprint density at radius 1 is 1.38 bits per heavy atom. The Balaban J connectivity index is 0.00000225. The van der Waals surface area contributed by atoms with Gasteiger partial charge in [-0.1, -0.05) is 12.2 Å². The molecule has 0 aromatic carbocycles. The molecule has 1 aromatic rings. The maximum absolute atomic E-state index is 10.2. The van der Waals surface area contributed by atoms with Crippen molar-refractivity contribution in [1.29, 1.82) is 0 Å². The Morgan fingerprint density at radius 2 is 2.19 bits per heavy atom. The quantitative estimate of drug-likeness (QED) is 0.592. The summed E-state index contributed by atoms with van der Waals surface area (Å²) in [5, 5.41) is 8.41. The van der Waals surface area contributed by atoms with Crippen LogP contribution in [0.3, 0.4) is 0 Å².